The molecule has 0 bridgehead atoms. The number of nitrogens with one attached hydrogen (secondary N) is 1. The Bertz CT molecular complexity index is 555. The van der Waals surface area contributed by atoms with E-state index in [9.17, 15) is 0 Å². The Balaban J connectivity index is 2.12. The van der Waals surface area contributed by atoms with E-state index < -0.39 is 0 Å². The lowest BCUT2D eigenvalue weighted by molar-refractivity contribution is 0.173. The summed E-state index contributed by atoms with van der Waals surface area (Å²) in [6.45, 7) is 7.23. The molecule has 4 heteroatoms. The van der Waals surface area contributed by atoms with Crippen LogP contribution in [0.3, 0.4) is 0 Å². The maximum Gasteiger partial charge on any atom is 0.121 e. The van der Waals surface area contributed by atoms with Crippen LogP contribution in [0.4, 0.5) is 0 Å². The highest BCUT2D eigenvalue weighted by Gasteiger charge is 2.21. The topological polar surface area (TPSA) is 21.3 Å². The van der Waals surface area contributed by atoms with Gasteiger partial charge in [0.05, 0.1) is 6.04 Å². The summed E-state index contributed by atoms with van der Waals surface area (Å²) in [5.41, 5.74) is 0. The zero-order chi connectivity index (χ0) is 14.5. The van der Waals surface area contributed by atoms with E-state index in [4.69, 9.17) is 16.3 Å². The van der Waals surface area contributed by atoms with E-state index in [0.717, 1.165) is 12.3 Å². The van der Waals surface area contributed by atoms with Gasteiger partial charge in [-0.3, -0.25) is 0 Å². The zero-order valence-electron chi connectivity index (χ0n) is 12.0. The second-order valence-electron chi connectivity index (χ2n) is 4.76. The fourth-order valence-electron chi connectivity index (χ4n) is 2.16. The number of thiophene rings is 1. The van der Waals surface area contributed by atoms with E-state index in [1.807, 2.05) is 35.6 Å². The number of hydrogen-bond donors (Lipinski definition) is 1. The lowest BCUT2D eigenvalue weighted by Crippen LogP contribution is -2.33. The van der Waals surface area contributed by atoms with Crippen LogP contribution < -0.4 is 10.1 Å². The van der Waals surface area contributed by atoms with Crippen LogP contribution in [-0.2, 0) is 0 Å². The quantitative estimate of drug-likeness (QED) is 0.825. The van der Waals surface area contributed by atoms with Crippen molar-refractivity contribution in [1.29, 1.82) is 0 Å². The summed E-state index contributed by atoms with van der Waals surface area (Å²) in [6, 6.07) is 12.1. The second-order valence-corrected chi connectivity index (χ2v) is 6.52. The fraction of sp³-hybridized carbons (Fsp3) is 0.375. The Labute approximate surface area is 129 Å². The highest BCUT2D eigenvalue weighted by molar-refractivity contribution is 7.12. The summed E-state index contributed by atoms with van der Waals surface area (Å²) in [6.07, 6.45) is 0.0338. The number of rotatable bonds is 6. The van der Waals surface area contributed by atoms with Gasteiger partial charge >= 0.3 is 0 Å². The van der Waals surface area contributed by atoms with Crippen molar-refractivity contribution in [3.05, 3.63) is 51.2 Å². The van der Waals surface area contributed by atoms with Crippen molar-refractivity contribution in [2.45, 2.75) is 32.9 Å². The third-order valence-electron chi connectivity index (χ3n) is 3.08. The van der Waals surface area contributed by atoms with E-state index in [-0.39, 0.29) is 12.1 Å². The number of hydrogen-bond acceptors (Lipinski definition) is 3. The lowest BCUT2D eigenvalue weighted by Gasteiger charge is -2.25. The standard InChI is InChI=1S/C16H20ClNOS/c1-4-18-16(15-9-8-11(2)20-15)12(3)19-14-7-5-6-13(17)10-14/h5-10,12,16,18H,4H2,1-3H3. The molecule has 2 nitrogen and oxygen atoms in total. The summed E-state index contributed by atoms with van der Waals surface area (Å²) in [5.74, 6) is 0.807. The summed E-state index contributed by atoms with van der Waals surface area (Å²) >= 11 is 7.81. The van der Waals surface area contributed by atoms with E-state index in [1.54, 1.807) is 0 Å². The first-order chi connectivity index (χ1) is 9.60. The van der Waals surface area contributed by atoms with Gasteiger partial charge in [0, 0.05) is 14.8 Å². The molecule has 1 heterocycles. The van der Waals surface area contributed by atoms with E-state index in [2.05, 4.69) is 38.2 Å². The Hall–Kier alpha value is -1.03. The molecule has 2 aromatic rings. The number of aryl methyl sites for hydroxylation is 1. The van der Waals surface area contributed by atoms with Crippen LogP contribution in [0.1, 0.15) is 29.6 Å². The fourth-order valence-corrected chi connectivity index (χ4v) is 3.39. The van der Waals surface area contributed by atoms with Crippen LogP contribution in [0.5, 0.6) is 5.75 Å². The van der Waals surface area contributed by atoms with Crippen LogP contribution in [0.15, 0.2) is 36.4 Å². The van der Waals surface area contributed by atoms with Gasteiger partial charge < -0.3 is 10.1 Å². The van der Waals surface area contributed by atoms with E-state index in [1.165, 1.54) is 9.75 Å². The second kappa shape index (κ2) is 7.11. The van der Waals surface area contributed by atoms with Gasteiger partial charge in [-0.1, -0.05) is 24.6 Å². The van der Waals surface area contributed by atoms with E-state index >= 15 is 0 Å². The first-order valence-electron chi connectivity index (χ1n) is 6.82. The molecule has 2 unspecified atom stereocenters. The summed E-state index contributed by atoms with van der Waals surface area (Å²) in [5, 5.41) is 4.20. The maximum absolute atomic E-state index is 6.03. The van der Waals surface area contributed by atoms with Gasteiger partial charge in [-0.05, 0) is 50.7 Å². The molecule has 0 radical (unpaired) electrons. The lowest BCUT2D eigenvalue weighted by atomic mass is 10.1. The molecular weight excluding hydrogens is 290 g/mol. The van der Waals surface area contributed by atoms with Gasteiger partial charge in [0.25, 0.3) is 0 Å². The molecule has 1 N–H and O–H groups in total. The predicted octanol–water partition coefficient (Wildman–Crippen LogP) is 4.83. The van der Waals surface area contributed by atoms with Crippen molar-refractivity contribution < 1.29 is 4.74 Å². The first kappa shape index (κ1) is 15.4. The third-order valence-corrected chi connectivity index (χ3v) is 4.40. The molecule has 0 aliphatic carbocycles. The van der Waals surface area contributed by atoms with Crippen LogP contribution in [0.25, 0.3) is 0 Å². The van der Waals surface area contributed by atoms with Crippen molar-refractivity contribution in [3.8, 4) is 5.75 Å². The summed E-state index contributed by atoms with van der Waals surface area (Å²) < 4.78 is 6.03. The number of likely N-dealkylation sites (N-methyl/N-ethyl adjacent to an activating group) is 1. The molecule has 0 amide bonds. The van der Waals surface area contributed by atoms with Crippen molar-refractivity contribution in [2.24, 2.45) is 0 Å². The molecule has 0 aliphatic heterocycles. The predicted molar refractivity (Wildman–Crippen MR) is 87.0 cm³/mol. The Morgan fingerprint density at radius 3 is 2.70 bits per heavy atom. The molecular formula is C16H20ClNOS. The minimum absolute atomic E-state index is 0.0338. The Kier molecular flexibility index (Phi) is 5.46. The van der Waals surface area contributed by atoms with Gasteiger partial charge in [-0.15, -0.1) is 11.3 Å². The number of ether oxygens (including phenoxy) is 1. The van der Waals surface area contributed by atoms with E-state index in [0.29, 0.717) is 5.02 Å². The molecule has 0 saturated carbocycles. The summed E-state index contributed by atoms with van der Waals surface area (Å²) in [4.78, 5) is 2.62. The highest BCUT2D eigenvalue weighted by atomic mass is 35.5. The molecule has 1 aromatic carbocycles. The molecule has 0 saturated heterocycles. The molecule has 108 valence electrons. The van der Waals surface area contributed by atoms with Gasteiger partial charge in [0.1, 0.15) is 11.9 Å². The van der Waals surface area contributed by atoms with Crippen LogP contribution >= 0.6 is 22.9 Å². The third kappa shape index (κ3) is 3.98. The SMILES string of the molecule is CCNC(c1ccc(C)s1)C(C)Oc1cccc(Cl)c1. The molecule has 1 aromatic heterocycles. The Morgan fingerprint density at radius 1 is 1.30 bits per heavy atom. The van der Waals surface area contributed by atoms with Crippen LogP contribution in [-0.4, -0.2) is 12.6 Å². The summed E-state index contributed by atoms with van der Waals surface area (Å²) in [7, 11) is 0. The van der Waals surface area contributed by atoms with Gasteiger partial charge in [0.2, 0.25) is 0 Å². The van der Waals surface area contributed by atoms with Gasteiger partial charge in [0.15, 0.2) is 0 Å². The molecule has 0 fully saturated rings. The number of halogens is 1. The van der Waals surface area contributed by atoms with Gasteiger partial charge in [-0.2, -0.15) is 0 Å². The minimum Gasteiger partial charge on any atom is -0.489 e. The average molecular weight is 310 g/mol. The first-order valence-corrected chi connectivity index (χ1v) is 8.01. The van der Waals surface area contributed by atoms with Crippen molar-refractivity contribution >= 4 is 22.9 Å². The number of benzene rings is 1. The smallest absolute Gasteiger partial charge is 0.121 e. The molecule has 20 heavy (non-hydrogen) atoms. The Morgan fingerprint density at radius 2 is 2.10 bits per heavy atom. The molecule has 0 aliphatic rings. The van der Waals surface area contributed by atoms with Crippen molar-refractivity contribution in [3.63, 3.8) is 0 Å². The van der Waals surface area contributed by atoms with Crippen LogP contribution in [0.2, 0.25) is 5.02 Å². The molecule has 0 spiro atoms. The van der Waals surface area contributed by atoms with Crippen molar-refractivity contribution in [2.75, 3.05) is 6.54 Å². The monoisotopic (exact) mass is 309 g/mol. The molecule has 2 atom stereocenters. The minimum atomic E-state index is 0.0338. The largest absolute Gasteiger partial charge is 0.489 e. The van der Waals surface area contributed by atoms with Crippen LogP contribution in [0, 0.1) is 6.92 Å². The maximum atomic E-state index is 6.03. The molecule has 2 rings (SSSR count). The average Bonchev–Trinajstić information content (AvgIpc) is 2.82. The normalized spacial score (nSPS) is 14.0. The van der Waals surface area contributed by atoms with Crippen molar-refractivity contribution in [1.82, 2.24) is 5.32 Å². The highest BCUT2D eigenvalue weighted by Crippen LogP contribution is 2.28. The van der Waals surface area contributed by atoms with Gasteiger partial charge in [-0.25, -0.2) is 0 Å². The zero-order valence-corrected chi connectivity index (χ0v) is 13.6.